The molecule has 1 aliphatic rings. The molecule has 1 aliphatic heterocycles. The van der Waals surface area contributed by atoms with E-state index in [2.05, 4.69) is 5.32 Å². The molecule has 0 atom stereocenters. The maximum absolute atomic E-state index is 12.1. The molecule has 1 heterocycles. The second-order valence-electron chi connectivity index (χ2n) is 4.72. The van der Waals surface area contributed by atoms with Gasteiger partial charge in [-0.25, -0.2) is 8.42 Å². The van der Waals surface area contributed by atoms with Gasteiger partial charge in [-0.15, -0.1) is 0 Å². The summed E-state index contributed by atoms with van der Waals surface area (Å²) in [5, 5.41) is 3.14. The van der Waals surface area contributed by atoms with Gasteiger partial charge in [-0.1, -0.05) is 6.92 Å². The van der Waals surface area contributed by atoms with Gasteiger partial charge in [0.15, 0.2) is 0 Å². The van der Waals surface area contributed by atoms with Crippen molar-refractivity contribution in [2.45, 2.75) is 44.8 Å². The minimum Gasteiger partial charge on any atom is -0.317 e. The average molecular weight is 302 g/mol. The van der Waals surface area contributed by atoms with Gasteiger partial charge in [-0.2, -0.15) is 17.5 Å². The normalized spacial score (nSPS) is 19.0. The van der Waals surface area contributed by atoms with E-state index < -0.39 is 28.4 Å². The van der Waals surface area contributed by atoms with Gasteiger partial charge in [0.25, 0.3) is 0 Å². The maximum atomic E-state index is 12.1. The lowest BCUT2D eigenvalue weighted by Crippen LogP contribution is -2.46. The molecule has 1 rings (SSSR count). The Labute approximate surface area is 112 Å². The first kappa shape index (κ1) is 16.7. The Morgan fingerprint density at radius 1 is 1.26 bits per heavy atom. The maximum Gasteiger partial charge on any atom is 0.389 e. The fourth-order valence-corrected chi connectivity index (χ4v) is 4.15. The summed E-state index contributed by atoms with van der Waals surface area (Å²) in [6, 6.07) is -0.0814. The van der Waals surface area contributed by atoms with Crippen LogP contribution in [-0.4, -0.2) is 50.3 Å². The summed E-state index contributed by atoms with van der Waals surface area (Å²) in [4.78, 5) is 0. The molecular formula is C11H21F3N2O2S. The van der Waals surface area contributed by atoms with Gasteiger partial charge in [0.05, 0.1) is 5.75 Å². The van der Waals surface area contributed by atoms with E-state index >= 15 is 0 Å². The zero-order valence-corrected chi connectivity index (χ0v) is 11.9. The van der Waals surface area contributed by atoms with E-state index in [0.29, 0.717) is 19.4 Å². The molecule has 4 nitrogen and oxygen atoms in total. The lowest BCUT2D eigenvalue weighted by molar-refractivity contribution is -0.134. The van der Waals surface area contributed by atoms with Crippen LogP contribution in [-0.2, 0) is 10.0 Å². The molecule has 0 bridgehead atoms. The summed E-state index contributed by atoms with van der Waals surface area (Å²) in [6.07, 6.45) is -4.27. The van der Waals surface area contributed by atoms with Crippen LogP contribution >= 0.6 is 0 Å². The minimum absolute atomic E-state index is 0.0814. The van der Waals surface area contributed by atoms with Crippen LogP contribution in [0.5, 0.6) is 0 Å². The number of rotatable bonds is 6. The number of nitrogens with zero attached hydrogens (tertiary/aromatic N) is 1. The van der Waals surface area contributed by atoms with E-state index in [9.17, 15) is 21.6 Å². The van der Waals surface area contributed by atoms with Gasteiger partial charge in [0, 0.05) is 19.0 Å². The first-order valence-corrected chi connectivity index (χ1v) is 8.14. The quantitative estimate of drug-likeness (QED) is 0.813. The molecule has 0 aromatic heterocycles. The van der Waals surface area contributed by atoms with Gasteiger partial charge in [-0.05, 0) is 32.4 Å². The molecule has 0 aromatic carbocycles. The zero-order chi connectivity index (χ0) is 14.5. The monoisotopic (exact) mass is 302 g/mol. The zero-order valence-electron chi connectivity index (χ0n) is 11.0. The van der Waals surface area contributed by atoms with Crippen LogP contribution < -0.4 is 5.32 Å². The van der Waals surface area contributed by atoms with Gasteiger partial charge in [-0.3, -0.25) is 0 Å². The van der Waals surface area contributed by atoms with E-state index in [4.69, 9.17) is 0 Å². The van der Waals surface area contributed by atoms with E-state index in [1.165, 1.54) is 4.31 Å². The fraction of sp³-hybridized carbons (Fsp3) is 1.00. The highest BCUT2D eigenvalue weighted by Crippen LogP contribution is 2.23. The predicted octanol–water partition coefficient (Wildman–Crippen LogP) is 1.73. The molecule has 19 heavy (non-hydrogen) atoms. The van der Waals surface area contributed by atoms with E-state index in [1.807, 2.05) is 0 Å². The molecule has 0 unspecified atom stereocenters. The number of alkyl halides is 3. The van der Waals surface area contributed by atoms with Crippen molar-refractivity contribution < 1.29 is 21.6 Å². The Kier molecular flexibility index (Phi) is 6.07. The minimum atomic E-state index is -4.29. The van der Waals surface area contributed by atoms with E-state index in [-0.39, 0.29) is 12.5 Å². The molecule has 114 valence electrons. The van der Waals surface area contributed by atoms with Crippen molar-refractivity contribution in [3.05, 3.63) is 0 Å². The second kappa shape index (κ2) is 6.90. The number of sulfonamides is 1. The van der Waals surface area contributed by atoms with Crippen molar-refractivity contribution in [3.8, 4) is 0 Å². The largest absolute Gasteiger partial charge is 0.389 e. The molecule has 0 aromatic rings. The van der Waals surface area contributed by atoms with Crippen LogP contribution in [0.25, 0.3) is 0 Å². The van der Waals surface area contributed by atoms with Crippen molar-refractivity contribution >= 4 is 10.0 Å². The first-order chi connectivity index (χ1) is 8.76. The van der Waals surface area contributed by atoms with E-state index in [0.717, 1.165) is 13.1 Å². The second-order valence-corrected chi connectivity index (χ2v) is 6.76. The molecule has 0 aliphatic carbocycles. The molecule has 8 heteroatoms. The number of halogens is 3. The predicted molar refractivity (Wildman–Crippen MR) is 67.3 cm³/mol. The van der Waals surface area contributed by atoms with Crippen molar-refractivity contribution in [3.63, 3.8) is 0 Å². The average Bonchev–Trinajstić information content (AvgIpc) is 2.28. The van der Waals surface area contributed by atoms with Crippen molar-refractivity contribution in [2.75, 3.05) is 25.4 Å². The summed E-state index contributed by atoms with van der Waals surface area (Å²) in [5.74, 6) is -0.426. The van der Waals surface area contributed by atoms with Gasteiger partial charge in [0.1, 0.15) is 0 Å². The van der Waals surface area contributed by atoms with Crippen LogP contribution in [0, 0.1) is 0 Å². The fourth-order valence-electron chi connectivity index (χ4n) is 2.35. The SMILES string of the molecule is CCN(C1CCNCC1)S(=O)(=O)CCCC(F)(F)F. The third-order valence-electron chi connectivity index (χ3n) is 3.25. The number of hydrogen-bond donors (Lipinski definition) is 1. The van der Waals surface area contributed by atoms with Crippen LogP contribution in [0.15, 0.2) is 0 Å². The molecule has 1 N–H and O–H groups in total. The summed E-state index contributed by atoms with van der Waals surface area (Å²) in [5.41, 5.74) is 0. The Hall–Kier alpha value is -0.340. The van der Waals surface area contributed by atoms with Gasteiger partial charge in [0.2, 0.25) is 10.0 Å². The summed E-state index contributed by atoms with van der Waals surface area (Å²) < 4.78 is 61.7. The lowest BCUT2D eigenvalue weighted by Gasteiger charge is -2.33. The molecule has 0 radical (unpaired) electrons. The molecular weight excluding hydrogens is 281 g/mol. The summed E-state index contributed by atoms with van der Waals surface area (Å²) in [6.45, 7) is 3.54. The summed E-state index contributed by atoms with van der Waals surface area (Å²) >= 11 is 0. The van der Waals surface area contributed by atoms with Crippen molar-refractivity contribution in [1.29, 1.82) is 0 Å². The Morgan fingerprint density at radius 3 is 2.32 bits per heavy atom. The summed E-state index contributed by atoms with van der Waals surface area (Å²) in [7, 11) is -3.59. The Balaban J connectivity index is 2.57. The first-order valence-electron chi connectivity index (χ1n) is 6.53. The number of piperidine rings is 1. The van der Waals surface area contributed by atoms with Crippen molar-refractivity contribution in [1.82, 2.24) is 9.62 Å². The third kappa shape index (κ3) is 5.66. The highest BCUT2D eigenvalue weighted by Gasteiger charge is 2.32. The third-order valence-corrected chi connectivity index (χ3v) is 5.32. The molecule has 1 fully saturated rings. The molecule has 0 amide bonds. The smallest absolute Gasteiger partial charge is 0.317 e. The van der Waals surface area contributed by atoms with Gasteiger partial charge >= 0.3 is 6.18 Å². The standard InChI is InChI=1S/C11H21F3N2O2S/c1-2-16(10-4-7-15-8-5-10)19(17,18)9-3-6-11(12,13)14/h10,15H,2-9H2,1H3. The molecule has 0 saturated carbocycles. The number of hydrogen-bond acceptors (Lipinski definition) is 3. The van der Waals surface area contributed by atoms with Crippen LogP contribution in [0.4, 0.5) is 13.2 Å². The molecule has 0 spiro atoms. The van der Waals surface area contributed by atoms with Crippen molar-refractivity contribution in [2.24, 2.45) is 0 Å². The highest BCUT2D eigenvalue weighted by molar-refractivity contribution is 7.89. The van der Waals surface area contributed by atoms with Crippen LogP contribution in [0.1, 0.15) is 32.6 Å². The topological polar surface area (TPSA) is 49.4 Å². The highest BCUT2D eigenvalue weighted by atomic mass is 32.2. The Morgan fingerprint density at radius 2 is 1.84 bits per heavy atom. The van der Waals surface area contributed by atoms with Crippen LogP contribution in [0.3, 0.4) is 0 Å². The molecule has 1 saturated heterocycles. The Bertz CT molecular complexity index is 365. The lowest BCUT2D eigenvalue weighted by atomic mass is 10.1. The van der Waals surface area contributed by atoms with Gasteiger partial charge < -0.3 is 5.32 Å². The van der Waals surface area contributed by atoms with E-state index in [1.54, 1.807) is 6.92 Å². The number of nitrogens with one attached hydrogen (secondary N) is 1. The van der Waals surface area contributed by atoms with Crippen LogP contribution in [0.2, 0.25) is 0 Å².